The zero-order valence-corrected chi connectivity index (χ0v) is 12.9. The Labute approximate surface area is 135 Å². The van der Waals surface area contributed by atoms with Gasteiger partial charge in [-0.05, 0) is 19.1 Å². The summed E-state index contributed by atoms with van der Waals surface area (Å²) in [5, 5.41) is 4.64. The summed E-state index contributed by atoms with van der Waals surface area (Å²) in [5.74, 6) is -2.10. The third kappa shape index (κ3) is 3.05. The van der Waals surface area contributed by atoms with Gasteiger partial charge in [0, 0.05) is 6.54 Å². The quantitative estimate of drug-likeness (QED) is 0.811. The molecule has 0 unspecified atom stereocenters. The van der Waals surface area contributed by atoms with E-state index in [4.69, 9.17) is 23.2 Å². The van der Waals surface area contributed by atoms with Gasteiger partial charge >= 0.3 is 6.03 Å². The molecule has 22 heavy (non-hydrogen) atoms. The zero-order valence-electron chi connectivity index (χ0n) is 11.4. The van der Waals surface area contributed by atoms with E-state index in [0.717, 1.165) is 4.90 Å². The molecule has 2 rings (SSSR count). The number of benzene rings is 1. The van der Waals surface area contributed by atoms with Crippen LogP contribution in [0.4, 0.5) is 4.79 Å². The maximum atomic E-state index is 12.1. The number of amides is 5. The normalized spacial score (nSPS) is 13.1. The van der Waals surface area contributed by atoms with Crippen LogP contribution in [0.3, 0.4) is 0 Å². The fraction of sp³-hybridized carbons (Fsp3) is 0.231. The Bertz CT molecular complexity index is 649. The Morgan fingerprint density at radius 1 is 1.09 bits per heavy atom. The number of carbonyl (C=O) groups excluding carboxylic acids is 4. The standard InChI is InChI=1S/C13H11Cl2N3O4/c1-2-16-13(22)17-10(19)5-18-11(20)6-3-8(14)9(15)4-7(6)12(18)21/h3-4H,2,5H2,1H3,(H2,16,17,19,22). The lowest BCUT2D eigenvalue weighted by atomic mass is 10.1. The molecule has 1 heterocycles. The molecule has 0 atom stereocenters. The van der Waals surface area contributed by atoms with Gasteiger partial charge in [0.2, 0.25) is 5.91 Å². The van der Waals surface area contributed by atoms with Crippen LogP contribution in [-0.2, 0) is 4.79 Å². The Morgan fingerprint density at radius 3 is 2.05 bits per heavy atom. The second-order valence-electron chi connectivity index (χ2n) is 4.42. The SMILES string of the molecule is CCNC(=O)NC(=O)CN1C(=O)c2cc(Cl)c(Cl)cc2C1=O. The van der Waals surface area contributed by atoms with Gasteiger partial charge < -0.3 is 5.32 Å². The zero-order chi connectivity index (χ0) is 16.4. The van der Waals surface area contributed by atoms with Crippen LogP contribution in [0.15, 0.2) is 12.1 Å². The van der Waals surface area contributed by atoms with Gasteiger partial charge in [0.05, 0.1) is 21.2 Å². The van der Waals surface area contributed by atoms with E-state index in [1.54, 1.807) is 6.92 Å². The lowest BCUT2D eigenvalue weighted by Gasteiger charge is -2.13. The van der Waals surface area contributed by atoms with Crippen molar-refractivity contribution in [1.29, 1.82) is 0 Å². The van der Waals surface area contributed by atoms with Crippen LogP contribution in [0.5, 0.6) is 0 Å². The number of hydrogen-bond acceptors (Lipinski definition) is 4. The smallest absolute Gasteiger partial charge is 0.321 e. The molecule has 0 saturated heterocycles. The van der Waals surface area contributed by atoms with Crippen molar-refractivity contribution in [3.05, 3.63) is 33.3 Å². The minimum atomic E-state index is -0.780. The van der Waals surface area contributed by atoms with Gasteiger partial charge in [0.1, 0.15) is 6.54 Å². The van der Waals surface area contributed by atoms with Gasteiger partial charge in [-0.2, -0.15) is 0 Å². The van der Waals surface area contributed by atoms with Crippen molar-refractivity contribution in [2.24, 2.45) is 0 Å². The molecule has 1 aromatic carbocycles. The van der Waals surface area contributed by atoms with Crippen LogP contribution in [0.1, 0.15) is 27.6 Å². The highest BCUT2D eigenvalue weighted by molar-refractivity contribution is 6.43. The second kappa shape index (κ2) is 6.33. The fourth-order valence-corrected chi connectivity index (χ4v) is 2.27. The first kappa shape index (κ1) is 16.3. The molecule has 1 aliphatic heterocycles. The summed E-state index contributed by atoms with van der Waals surface area (Å²) in [6.45, 7) is 1.45. The first-order chi connectivity index (χ1) is 10.3. The van der Waals surface area contributed by atoms with Crippen LogP contribution < -0.4 is 10.6 Å². The van der Waals surface area contributed by atoms with Crippen LogP contribution in [0.25, 0.3) is 0 Å². The monoisotopic (exact) mass is 343 g/mol. The molecule has 7 nitrogen and oxygen atoms in total. The number of imide groups is 2. The second-order valence-corrected chi connectivity index (χ2v) is 5.23. The van der Waals surface area contributed by atoms with Gasteiger partial charge in [0.15, 0.2) is 0 Å². The van der Waals surface area contributed by atoms with Gasteiger partial charge in [-0.3, -0.25) is 24.6 Å². The molecule has 0 fully saturated rings. The van der Waals surface area contributed by atoms with Gasteiger partial charge in [-0.1, -0.05) is 23.2 Å². The molecule has 0 radical (unpaired) electrons. The summed E-state index contributed by atoms with van der Waals surface area (Å²) in [6.07, 6.45) is 0. The molecule has 2 N–H and O–H groups in total. The predicted octanol–water partition coefficient (Wildman–Crippen LogP) is 1.44. The topological polar surface area (TPSA) is 95.6 Å². The van der Waals surface area contributed by atoms with Gasteiger partial charge in [0.25, 0.3) is 11.8 Å². The maximum Gasteiger partial charge on any atom is 0.321 e. The molecular formula is C13H11Cl2N3O4. The Kier molecular flexibility index (Phi) is 4.68. The number of hydrogen-bond donors (Lipinski definition) is 2. The Morgan fingerprint density at radius 2 is 1.59 bits per heavy atom. The maximum absolute atomic E-state index is 12.1. The Hall–Kier alpha value is -2.12. The lowest BCUT2D eigenvalue weighted by molar-refractivity contribution is -0.120. The van der Waals surface area contributed by atoms with Crippen molar-refractivity contribution in [3.63, 3.8) is 0 Å². The molecule has 0 spiro atoms. The highest BCUT2D eigenvalue weighted by Crippen LogP contribution is 2.31. The molecule has 0 saturated carbocycles. The summed E-state index contributed by atoms with van der Waals surface area (Å²) >= 11 is 11.6. The van der Waals surface area contributed by atoms with Crippen molar-refractivity contribution in [2.45, 2.75) is 6.92 Å². The summed E-state index contributed by atoms with van der Waals surface area (Å²) < 4.78 is 0. The fourth-order valence-electron chi connectivity index (χ4n) is 1.94. The molecule has 5 amide bonds. The van der Waals surface area contributed by atoms with Crippen molar-refractivity contribution in [1.82, 2.24) is 15.5 Å². The summed E-state index contributed by atoms with van der Waals surface area (Å²) in [5.41, 5.74) is 0.149. The number of fused-ring (bicyclic) bond motifs is 1. The number of halogens is 2. The molecule has 0 aliphatic carbocycles. The van der Waals surface area contributed by atoms with Gasteiger partial charge in [-0.25, -0.2) is 4.79 Å². The molecule has 0 bridgehead atoms. The largest absolute Gasteiger partial charge is 0.338 e. The summed E-state index contributed by atoms with van der Waals surface area (Å²) in [7, 11) is 0. The molecule has 9 heteroatoms. The van der Waals surface area contributed by atoms with E-state index in [-0.39, 0.29) is 21.2 Å². The molecule has 0 aromatic heterocycles. The molecule has 1 aliphatic rings. The Balaban J connectivity index is 2.15. The lowest BCUT2D eigenvalue weighted by Crippen LogP contribution is -2.45. The highest BCUT2D eigenvalue weighted by atomic mass is 35.5. The first-order valence-electron chi connectivity index (χ1n) is 6.28. The van der Waals surface area contributed by atoms with Crippen molar-refractivity contribution < 1.29 is 19.2 Å². The third-order valence-electron chi connectivity index (χ3n) is 2.90. The van der Waals surface area contributed by atoms with E-state index < -0.39 is 30.3 Å². The average Bonchev–Trinajstić information content (AvgIpc) is 2.65. The van der Waals surface area contributed by atoms with E-state index in [1.165, 1.54) is 12.1 Å². The molecule has 116 valence electrons. The van der Waals surface area contributed by atoms with E-state index in [1.807, 2.05) is 5.32 Å². The van der Waals surface area contributed by atoms with Crippen molar-refractivity contribution >= 4 is 47.0 Å². The minimum Gasteiger partial charge on any atom is -0.338 e. The predicted molar refractivity (Wildman–Crippen MR) is 79.0 cm³/mol. The minimum absolute atomic E-state index is 0.0743. The van der Waals surface area contributed by atoms with E-state index >= 15 is 0 Å². The number of nitrogens with one attached hydrogen (secondary N) is 2. The number of carbonyl (C=O) groups is 4. The summed E-state index contributed by atoms with van der Waals surface area (Å²) in [6, 6.07) is 1.86. The first-order valence-corrected chi connectivity index (χ1v) is 7.03. The van der Waals surface area contributed by atoms with Crippen molar-refractivity contribution in [3.8, 4) is 0 Å². The number of nitrogens with zero attached hydrogens (tertiary/aromatic N) is 1. The van der Waals surface area contributed by atoms with Crippen molar-refractivity contribution in [2.75, 3.05) is 13.1 Å². The number of rotatable bonds is 3. The average molecular weight is 344 g/mol. The number of urea groups is 1. The van der Waals surface area contributed by atoms with Gasteiger partial charge in [-0.15, -0.1) is 0 Å². The van der Waals surface area contributed by atoms with E-state index in [2.05, 4.69) is 5.32 Å². The van der Waals surface area contributed by atoms with E-state index in [0.29, 0.717) is 6.54 Å². The summed E-state index contributed by atoms with van der Waals surface area (Å²) in [4.78, 5) is 47.9. The van der Waals surface area contributed by atoms with E-state index in [9.17, 15) is 19.2 Å². The van der Waals surface area contributed by atoms with Crippen LogP contribution in [0, 0.1) is 0 Å². The van der Waals surface area contributed by atoms with Crippen LogP contribution >= 0.6 is 23.2 Å². The molecular weight excluding hydrogens is 333 g/mol. The molecule has 1 aromatic rings. The van der Waals surface area contributed by atoms with Crippen LogP contribution in [0.2, 0.25) is 10.0 Å². The third-order valence-corrected chi connectivity index (χ3v) is 3.63. The van der Waals surface area contributed by atoms with Crippen LogP contribution in [-0.4, -0.2) is 41.7 Å². The highest BCUT2D eigenvalue weighted by Gasteiger charge is 2.37.